The zero-order valence-corrected chi connectivity index (χ0v) is 29.3. The maximum atomic E-state index is 14.0. The molecule has 1 heterocycles. The first-order chi connectivity index (χ1) is 20.4. The van der Waals surface area contributed by atoms with Gasteiger partial charge in [0.15, 0.2) is 0 Å². The van der Waals surface area contributed by atoms with Crippen molar-refractivity contribution in [3.63, 3.8) is 0 Å². The summed E-state index contributed by atoms with van der Waals surface area (Å²) in [5.74, 6) is -4.45. The van der Waals surface area contributed by atoms with Gasteiger partial charge in [-0.2, -0.15) is 0 Å². The molecule has 0 aromatic rings. The third-order valence-electron chi connectivity index (χ3n) is 7.33. The molecule has 5 amide bonds. The van der Waals surface area contributed by atoms with Gasteiger partial charge in [-0.25, -0.2) is 4.79 Å². The molecule has 1 saturated heterocycles. The van der Waals surface area contributed by atoms with Crippen molar-refractivity contribution in [3.05, 3.63) is 12.7 Å². The second kappa shape index (κ2) is 14.3. The summed E-state index contributed by atoms with van der Waals surface area (Å²) < 4.78 is 4.10. The smallest absolute Gasteiger partial charge is 0.408 e. The normalized spacial score (nSPS) is 21.8. The topological polar surface area (TPSA) is 163 Å². The Kier molecular flexibility index (Phi) is 12.2. The number of nitrogens with one attached hydrogen (secondary N) is 4. The van der Waals surface area contributed by atoms with Crippen molar-refractivity contribution in [2.45, 2.75) is 115 Å². The van der Waals surface area contributed by atoms with Gasteiger partial charge in [0.2, 0.25) is 23.5 Å². The molecule has 4 N–H and O–H groups in total. The second-order valence-corrected chi connectivity index (χ2v) is 16.2. The number of nitrogens with zero attached hydrogens (tertiary/aromatic N) is 1. The minimum Gasteiger partial charge on any atom is -0.444 e. The predicted octanol–water partition coefficient (Wildman–Crippen LogP) is 3.00. The highest BCUT2D eigenvalue weighted by Gasteiger charge is 2.74. The molecule has 2 rings (SSSR count). The molecule has 2 aliphatic rings. The molecule has 254 valence electrons. The van der Waals surface area contributed by atoms with Gasteiger partial charge in [-0.3, -0.25) is 24.0 Å². The third kappa shape index (κ3) is 10.6. The minimum atomic E-state index is -1.26. The monoisotopic (exact) mass is 673 g/mol. The summed E-state index contributed by atoms with van der Waals surface area (Å²) in [7, 11) is 0. The SMILES string of the molecule is C=CCCC(NC(=O)C1C2C(CN1C(=O)C(NC(=O)OC(C)(C)C)C(C)(C)C)C2(Cl)Cl)C(=O)C(=O)NCCC(=O)NC(C)(C)C. The second-order valence-electron chi connectivity index (χ2n) is 14.8. The van der Waals surface area contributed by atoms with E-state index in [1.54, 1.807) is 47.6 Å². The number of hydrogen-bond acceptors (Lipinski definition) is 7. The number of fused-ring (bicyclic) bond motifs is 1. The molecule has 1 saturated carbocycles. The van der Waals surface area contributed by atoms with E-state index >= 15 is 0 Å². The average Bonchev–Trinajstić information content (AvgIpc) is 3.19. The number of carbonyl (C=O) groups excluding carboxylic acids is 6. The summed E-state index contributed by atoms with van der Waals surface area (Å²) in [6.45, 7) is 19.5. The number of ketones is 1. The van der Waals surface area contributed by atoms with E-state index in [4.69, 9.17) is 27.9 Å². The van der Waals surface area contributed by atoms with Crippen molar-refractivity contribution < 1.29 is 33.5 Å². The highest BCUT2D eigenvalue weighted by atomic mass is 35.5. The number of halogens is 2. The number of alkyl carbamates (subject to hydrolysis) is 1. The molecule has 0 aromatic carbocycles. The quantitative estimate of drug-likeness (QED) is 0.141. The Morgan fingerprint density at radius 1 is 1.00 bits per heavy atom. The molecule has 0 aromatic heterocycles. The van der Waals surface area contributed by atoms with Crippen LogP contribution in [-0.2, 0) is 28.7 Å². The van der Waals surface area contributed by atoms with Crippen molar-refractivity contribution in [2.75, 3.05) is 13.1 Å². The molecule has 5 unspecified atom stereocenters. The van der Waals surface area contributed by atoms with Crippen LogP contribution < -0.4 is 21.3 Å². The highest BCUT2D eigenvalue weighted by Crippen LogP contribution is 2.65. The van der Waals surface area contributed by atoms with Gasteiger partial charge in [-0.1, -0.05) is 26.8 Å². The van der Waals surface area contributed by atoms with E-state index in [1.807, 2.05) is 20.8 Å². The van der Waals surface area contributed by atoms with Gasteiger partial charge in [0, 0.05) is 36.9 Å². The molecule has 1 aliphatic heterocycles. The molecule has 0 spiro atoms. The largest absolute Gasteiger partial charge is 0.444 e. The summed E-state index contributed by atoms with van der Waals surface area (Å²) in [6.07, 6.45) is 1.09. The number of ether oxygens (including phenoxy) is 1. The lowest BCUT2D eigenvalue weighted by molar-refractivity contribution is -0.145. The van der Waals surface area contributed by atoms with E-state index in [2.05, 4.69) is 27.8 Å². The van der Waals surface area contributed by atoms with Crippen LogP contribution in [-0.4, -0.2) is 87.1 Å². The predicted molar refractivity (Wildman–Crippen MR) is 171 cm³/mol. The highest BCUT2D eigenvalue weighted by molar-refractivity contribution is 6.51. The van der Waals surface area contributed by atoms with E-state index in [0.29, 0.717) is 6.42 Å². The third-order valence-corrected chi connectivity index (χ3v) is 8.39. The van der Waals surface area contributed by atoms with Gasteiger partial charge in [0.05, 0.1) is 6.04 Å². The van der Waals surface area contributed by atoms with E-state index < -0.39 is 80.4 Å². The molecule has 1 aliphatic carbocycles. The fourth-order valence-electron chi connectivity index (χ4n) is 5.20. The average molecular weight is 675 g/mol. The molecule has 14 heteroatoms. The molecule has 2 fully saturated rings. The Hall–Kier alpha value is -2.86. The van der Waals surface area contributed by atoms with Gasteiger partial charge in [0.25, 0.3) is 5.91 Å². The molecular formula is C31H49Cl2N5O7. The molecular weight excluding hydrogens is 625 g/mol. The zero-order valence-electron chi connectivity index (χ0n) is 27.8. The Bertz CT molecular complexity index is 1190. The first-order valence-corrected chi connectivity index (χ1v) is 15.9. The van der Waals surface area contributed by atoms with Crippen LogP contribution in [0.1, 0.15) is 81.6 Å². The number of hydrogen-bond donors (Lipinski definition) is 4. The summed E-state index contributed by atoms with van der Waals surface area (Å²) in [5, 5.41) is 10.5. The Balaban J connectivity index is 2.23. The van der Waals surface area contributed by atoms with Gasteiger partial charge >= 0.3 is 6.09 Å². The lowest BCUT2D eigenvalue weighted by Crippen LogP contribution is -2.61. The van der Waals surface area contributed by atoms with Crippen molar-refractivity contribution in [3.8, 4) is 0 Å². The summed E-state index contributed by atoms with van der Waals surface area (Å²) in [4.78, 5) is 79.7. The van der Waals surface area contributed by atoms with Gasteiger partial charge < -0.3 is 30.9 Å². The first kappa shape index (κ1) is 38.3. The lowest BCUT2D eigenvalue weighted by Gasteiger charge is -2.37. The van der Waals surface area contributed by atoms with Crippen molar-refractivity contribution in [1.29, 1.82) is 0 Å². The molecule has 45 heavy (non-hydrogen) atoms. The van der Waals surface area contributed by atoms with E-state index in [0.717, 1.165) is 0 Å². The number of Topliss-reactive ketones (excluding diaryl/α,β-unsaturated/α-hetero) is 1. The van der Waals surface area contributed by atoms with E-state index in [1.165, 1.54) is 4.90 Å². The maximum Gasteiger partial charge on any atom is 0.408 e. The van der Waals surface area contributed by atoms with E-state index in [-0.39, 0.29) is 31.8 Å². The van der Waals surface area contributed by atoms with Crippen molar-refractivity contribution in [1.82, 2.24) is 26.2 Å². The Labute approximate surface area is 276 Å². The van der Waals surface area contributed by atoms with Crippen LogP contribution >= 0.6 is 23.2 Å². The Morgan fingerprint density at radius 3 is 2.11 bits per heavy atom. The fourth-order valence-corrected chi connectivity index (χ4v) is 6.03. The number of alkyl halides is 2. The number of carbonyl (C=O) groups is 6. The molecule has 12 nitrogen and oxygen atoms in total. The molecule has 5 atom stereocenters. The van der Waals surface area contributed by atoms with Crippen LogP contribution in [0.4, 0.5) is 4.79 Å². The van der Waals surface area contributed by atoms with E-state index in [9.17, 15) is 28.8 Å². The molecule has 0 bridgehead atoms. The van der Waals surface area contributed by atoms with Crippen LogP contribution in [0.3, 0.4) is 0 Å². The number of rotatable bonds is 12. The van der Waals surface area contributed by atoms with Crippen LogP contribution in [0.2, 0.25) is 0 Å². The van der Waals surface area contributed by atoms with Crippen LogP contribution in [0.25, 0.3) is 0 Å². The maximum absolute atomic E-state index is 14.0. The Morgan fingerprint density at radius 2 is 1.60 bits per heavy atom. The summed E-state index contributed by atoms with van der Waals surface area (Å²) in [5.41, 5.74) is -2.03. The first-order valence-electron chi connectivity index (χ1n) is 15.1. The minimum absolute atomic E-state index is 0.0397. The van der Waals surface area contributed by atoms with Crippen LogP contribution in [0, 0.1) is 17.3 Å². The van der Waals surface area contributed by atoms with Crippen molar-refractivity contribution in [2.24, 2.45) is 17.3 Å². The lowest BCUT2D eigenvalue weighted by atomic mass is 9.85. The summed E-state index contributed by atoms with van der Waals surface area (Å²) >= 11 is 13.0. The number of likely N-dealkylation sites (tertiary alicyclic amines) is 1. The van der Waals surface area contributed by atoms with Crippen LogP contribution in [0.15, 0.2) is 12.7 Å². The zero-order chi connectivity index (χ0) is 34.7. The fraction of sp³-hybridized carbons (Fsp3) is 0.742. The van der Waals surface area contributed by atoms with Gasteiger partial charge in [-0.15, -0.1) is 29.8 Å². The number of allylic oxidation sites excluding steroid dienone is 1. The standard InChI is InChI=1S/C31H49Cl2N5O7/c1-11-12-13-18(22(40)25(42)34-15-14-19(39)37-29(5,6)7)35-24(41)21-20-17(31(20,32)33)16-38(21)26(43)23(28(2,3)4)36-27(44)45-30(8,9)10/h11,17-18,20-21,23H,1,12-16H2,2-10H3,(H,34,42)(H,35,41)(H,36,44)(H,37,39). The summed E-state index contributed by atoms with van der Waals surface area (Å²) in [6, 6.07) is -3.47. The molecule has 0 radical (unpaired) electrons. The van der Waals surface area contributed by atoms with Crippen molar-refractivity contribution >= 4 is 58.7 Å². The number of piperidine rings is 1. The van der Waals surface area contributed by atoms with Gasteiger partial charge in [-0.05, 0) is 59.8 Å². The van der Waals surface area contributed by atoms with Gasteiger partial charge in [0.1, 0.15) is 22.0 Å². The number of amides is 5. The van der Waals surface area contributed by atoms with Crippen LogP contribution in [0.5, 0.6) is 0 Å².